The van der Waals surface area contributed by atoms with Gasteiger partial charge in [0, 0.05) is 57.7 Å². The number of hydrogen-bond acceptors (Lipinski definition) is 5. The van der Waals surface area contributed by atoms with Crippen molar-refractivity contribution in [3.05, 3.63) is 23.9 Å². The largest absolute Gasteiger partial charge is 0.381 e. The van der Waals surface area contributed by atoms with Crippen molar-refractivity contribution in [3.63, 3.8) is 0 Å². The van der Waals surface area contributed by atoms with Gasteiger partial charge in [0.25, 0.3) is 0 Å². The Balaban J connectivity index is 1.37. The minimum atomic E-state index is 0.368. The van der Waals surface area contributed by atoms with E-state index in [4.69, 9.17) is 14.5 Å². The quantitative estimate of drug-likeness (QED) is 0.395. The Morgan fingerprint density at radius 3 is 2.76 bits per heavy atom. The molecule has 2 fully saturated rings. The SMILES string of the molecule is CCNC(=NCCCOC1CCOCC1)NC1CCN(c2cccc(C)n2)CC1. The number of piperidine rings is 1. The lowest BCUT2D eigenvalue weighted by molar-refractivity contribution is -0.0318. The molecular formula is C22H37N5O2. The molecule has 29 heavy (non-hydrogen) atoms. The molecule has 0 amide bonds. The number of rotatable bonds is 8. The third kappa shape index (κ3) is 7.48. The number of nitrogens with one attached hydrogen (secondary N) is 2. The summed E-state index contributed by atoms with van der Waals surface area (Å²) in [4.78, 5) is 11.8. The first-order valence-corrected chi connectivity index (χ1v) is 11.2. The summed E-state index contributed by atoms with van der Waals surface area (Å²) in [6.07, 6.45) is 5.53. The molecule has 0 radical (unpaired) electrons. The number of nitrogens with zero attached hydrogens (tertiary/aromatic N) is 3. The second kappa shape index (κ2) is 12.0. The van der Waals surface area contributed by atoms with Crippen LogP contribution in [0.2, 0.25) is 0 Å². The molecule has 3 rings (SSSR count). The highest BCUT2D eigenvalue weighted by Gasteiger charge is 2.21. The van der Waals surface area contributed by atoms with E-state index in [1.165, 1.54) is 0 Å². The lowest BCUT2D eigenvalue weighted by atomic mass is 10.1. The van der Waals surface area contributed by atoms with Crippen molar-refractivity contribution in [2.45, 2.75) is 58.1 Å². The molecule has 0 spiro atoms. The molecule has 2 aliphatic rings. The molecule has 0 aliphatic carbocycles. The van der Waals surface area contributed by atoms with E-state index in [9.17, 15) is 0 Å². The minimum absolute atomic E-state index is 0.368. The van der Waals surface area contributed by atoms with Crippen LogP contribution in [0, 0.1) is 6.92 Å². The molecule has 3 heterocycles. The zero-order valence-electron chi connectivity index (χ0n) is 18.0. The molecule has 2 N–H and O–H groups in total. The van der Waals surface area contributed by atoms with Crippen LogP contribution in [0.25, 0.3) is 0 Å². The Kier molecular flexibility index (Phi) is 9.02. The van der Waals surface area contributed by atoms with Gasteiger partial charge in [-0.3, -0.25) is 4.99 Å². The second-order valence-corrected chi connectivity index (χ2v) is 7.84. The molecule has 7 nitrogen and oxygen atoms in total. The number of anilines is 1. The fourth-order valence-electron chi connectivity index (χ4n) is 3.82. The van der Waals surface area contributed by atoms with Crippen LogP contribution in [0.3, 0.4) is 0 Å². The summed E-state index contributed by atoms with van der Waals surface area (Å²) in [5.41, 5.74) is 1.07. The summed E-state index contributed by atoms with van der Waals surface area (Å²) in [7, 11) is 0. The van der Waals surface area contributed by atoms with Gasteiger partial charge in [0.2, 0.25) is 0 Å². The lowest BCUT2D eigenvalue weighted by Gasteiger charge is -2.34. The van der Waals surface area contributed by atoms with E-state index >= 15 is 0 Å². The normalized spacial score (nSPS) is 19.4. The topological polar surface area (TPSA) is 71.0 Å². The average molecular weight is 404 g/mol. The molecule has 0 saturated carbocycles. The Hall–Kier alpha value is -1.86. The van der Waals surface area contributed by atoms with Gasteiger partial charge in [-0.05, 0) is 58.1 Å². The number of pyridine rings is 1. The number of aryl methyl sites for hydroxylation is 1. The van der Waals surface area contributed by atoms with Crippen molar-refractivity contribution in [2.75, 3.05) is 50.9 Å². The number of guanidine groups is 1. The molecule has 2 saturated heterocycles. The van der Waals surface area contributed by atoms with Gasteiger partial charge in [0.15, 0.2) is 5.96 Å². The number of hydrogen-bond donors (Lipinski definition) is 2. The van der Waals surface area contributed by atoms with Crippen molar-refractivity contribution in [1.82, 2.24) is 15.6 Å². The van der Waals surface area contributed by atoms with E-state index in [0.717, 1.165) is 95.6 Å². The summed E-state index contributed by atoms with van der Waals surface area (Å²) in [6, 6.07) is 6.69. The molecule has 0 unspecified atom stereocenters. The van der Waals surface area contributed by atoms with Crippen molar-refractivity contribution >= 4 is 11.8 Å². The van der Waals surface area contributed by atoms with Crippen LogP contribution in [0.4, 0.5) is 5.82 Å². The van der Waals surface area contributed by atoms with E-state index in [1.807, 2.05) is 13.0 Å². The lowest BCUT2D eigenvalue weighted by Crippen LogP contribution is -2.49. The first-order valence-electron chi connectivity index (χ1n) is 11.2. The predicted octanol–water partition coefficient (Wildman–Crippen LogP) is 2.50. The van der Waals surface area contributed by atoms with E-state index in [2.05, 4.69) is 39.6 Å². The maximum absolute atomic E-state index is 5.94. The molecule has 2 aliphatic heterocycles. The van der Waals surface area contributed by atoms with Gasteiger partial charge in [0.1, 0.15) is 5.82 Å². The van der Waals surface area contributed by atoms with Crippen molar-refractivity contribution in [3.8, 4) is 0 Å². The first-order chi connectivity index (χ1) is 14.2. The fraction of sp³-hybridized carbons (Fsp3) is 0.727. The molecule has 1 aromatic rings. The highest BCUT2D eigenvalue weighted by atomic mass is 16.5. The average Bonchev–Trinajstić information content (AvgIpc) is 2.75. The van der Waals surface area contributed by atoms with Crippen LogP contribution in [0.1, 0.15) is 44.7 Å². The highest BCUT2D eigenvalue weighted by molar-refractivity contribution is 5.80. The molecule has 162 valence electrons. The van der Waals surface area contributed by atoms with Gasteiger partial charge in [-0.2, -0.15) is 0 Å². The van der Waals surface area contributed by atoms with Gasteiger partial charge >= 0.3 is 0 Å². The monoisotopic (exact) mass is 403 g/mol. The summed E-state index contributed by atoms with van der Waals surface area (Å²) in [6.45, 7) is 10.3. The Morgan fingerprint density at radius 1 is 1.24 bits per heavy atom. The first kappa shape index (κ1) is 21.8. The summed E-state index contributed by atoms with van der Waals surface area (Å²) in [5, 5.41) is 6.99. The fourth-order valence-corrected chi connectivity index (χ4v) is 3.82. The van der Waals surface area contributed by atoms with Crippen LogP contribution in [0.5, 0.6) is 0 Å². The number of aromatic nitrogens is 1. The number of aliphatic imine (C=N–C) groups is 1. The third-order valence-corrected chi connectivity index (χ3v) is 5.47. The molecule has 0 bridgehead atoms. The van der Waals surface area contributed by atoms with Crippen LogP contribution in [0.15, 0.2) is 23.2 Å². The van der Waals surface area contributed by atoms with Crippen molar-refractivity contribution in [2.24, 2.45) is 4.99 Å². The molecule has 0 aromatic carbocycles. The minimum Gasteiger partial charge on any atom is -0.381 e. The van der Waals surface area contributed by atoms with Gasteiger partial charge in [-0.15, -0.1) is 0 Å². The highest BCUT2D eigenvalue weighted by Crippen LogP contribution is 2.18. The molecule has 0 atom stereocenters. The summed E-state index contributed by atoms with van der Waals surface area (Å²) < 4.78 is 11.3. The van der Waals surface area contributed by atoms with Crippen molar-refractivity contribution in [1.29, 1.82) is 0 Å². The molecule has 7 heteroatoms. The Labute approximate surface area is 175 Å². The van der Waals surface area contributed by atoms with Crippen LogP contribution < -0.4 is 15.5 Å². The van der Waals surface area contributed by atoms with E-state index < -0.39 is 0 Å². The Bertz CT molecular complexity index is 625. The standard InChI is InChI=1S/C22H37N5O2/c1-3-23-22(24-12-5-15-29-20-10-16-28-17-11-20)26-19-8-13-27(14-9-19)21-7-4-6-18(2)25-21/h4,6-7,19-20H,3,5,8-17H2,1-2H3,(H2,23,24,26). The third-order valence-electron chi connectivity index (χ3n) is 5.47. The van der Waals surface area contributed by atoms with E-state index in [-0.39, 0.29) is 0 Å². The van der Waals surface area contributed by atoms with Crippen LogP contribution in [-0.2, 0) is 9.47 Å². The van der Waals surface area contributed by atoms with Crippen LogP contribution >= 0.6 is 0 Å². The summed E-state index contributed by atoms with van der Waals surface area (Å²) in [5.74, 6) is 2.01. The zero-order valence-corrected chi connectivity index (χ0v) is 18.0. The van der Waals surface area contributed by atoms with Gasteiger partial charge in [0.05, 0.1) is 6.10 Å². The number of ether oxygens (including phenoxy) is 2. The maximum atomic E-state index is 5.94. The van der Waals surface area contributed by atoms with E-state index in [0.29, 0.717) is 12.1 Å². The van der Waals surface area contributed by atoms with E-state index in [1.54, 1.807) is 0 Å². The van der Waals surface area contributed by atoms with Crippen molar-refractivity contribution < 1.29 is 9.47 Å². The molecular weight excluding hydrogens is 366 g/mol. The maximum Gasteiger partial charge on any atom is 0.191 e. The molecule has 1 aromatic heterocycles. The van der Waals surface area contributed by atoms with Gasteiger partial charge < -0.3 is 25.0 Å². The van der Waals surface area contributed by atoms with Crippen LogP contribution in [-0.4, -0.2) is 69.1 Å². The van der Waals surface area contributed by atoms with Gasteiger partial charge in [-0.1, -0.05) is 6.07 Å². The van der Waals surface area contributed by atoms with Gasteiger partial charge in [-0.25, -0.2) is 4.98 Å². The Morgan fingerprint density at radius 2 is 2.03 bits per heavy atom. The predicted molar refractivity (Wildman–Crippen MR) is 118 cm³/mol. The smallest absolute Gasteiger partial charge is 0.191 e. The zero-order chi connectivity index (χ0) is 20.3. The summed E-state index contributed by atoms with van der Waals surface area (Å²) >= 11 is 0. The second-order valence-electron chi connectivity index (χ2n) is 7.84.